The number of ketones is 1. The second-order valence-corrected chi connectivity index (χ2v) is 7.39. The van der Waals surface area contributed by atoms with Crippen molar-refractivity contribution in [1.29, 1.82) is 5.26 Å². The maximum atomic E-state index is 12.7. The van der Waals surface area contributed by atoms with E-state index in [0.29, 0.717) is 6.07 Å². The van der Waals surface area contributed by atoms with Crippen LogP contribution in [0.15, 0.2) is 53.4 Å². The van der Waals surface area contributed by atoms with Crippen molar-refractivity contribution in [2.24, 2.45) is 0 Å². The zero-order chi connectivity index (χ0) is 21.7. The highest BCUT2D eigenvalue weighted by Crippen LogP contribution is 2.29. The topological polar surface area (TPSA) is 113 Å². The van der Waals surface area contributed by atoms with Crippen molar-refractivity contribution in [2.75, 3.05) is 13.2 Å². The number of carbonyl (C=O) groups is 2. The molecule has 29 heavy (non-hydrogen) atoms. The molecule has 0 saturated heterocycles. The molecule has 7 nitrogen and oxygen atoms in total. The first-order valence-corrected chi connectivity index (χ1v) is 9.37. The molecular weight excluding hydrogens is 413 g/mol. The molecule has 0 aliphatic heterocycles. The number of hydrogen-bond donors (Lipinski definition) is 1. The average Bonchev–Trinajstić information content (AvgIpc) is 2.70. The van der Waals surface area contributed by atoms with E-state index >= 15 is 0 Å². The highest BCUT2D eigenvalue weighted by atomic mass is 32.2. The van der Waals surface area contributed by atoms with Crippen LogP contribution in [0.3, 0.4) is 0 Å². The minimum Gasteiger partial charge on any atom is -0.456 e. The Morgan fingerprint density at radius 1 is 1.10 bits per heavy atom. The summed E-state index contributed by atoms with van der Waals surface area (Å²) < 4.78 is 68.7. The van der Waals surface area contributed by atoms with Crippen molar-refractivity contribution >= 4 is 21.8 Å². The van der Waals surface area contributed by atoms with E-state index in [0.717, 1.165) is 18.2 Å². The van der Waals surface area contributed by atoms with Crippen LogP contribution in [0, 0.1) is 11.3 Å². The molecule has 2 aromatic rings. The van der Waals surface area contributed by atoms with E-state index in [2.05, 4.69) is 4.74 Å². The SMILES string of the molecule is N#Cc1ccc(S(=O)(=O)NCC(=O)OCC(=O)c2cccc(C(F)(F)F)c2)cc1. The van der Waals surface area contributed by atoms with Gasteiger partial charge in [-0.2, -0.15) is 23.2 Å². The molecule has 2 aromatic carbocycles. The zero-order valence-electron chi connectivity index (χ0n) is 14.6. The van der Waals surface area contributed by atoms with Gasteiger partial charge in [-0.3, -0.25) is 9.59 Å². The summed E-state index contributed by atoms with van der Waals surface area (Å²) >= 11 is 0. The van der Waals surface area contributed by atoms with E-state index < -0.39 is 46.7 Å². The van der Waals surface area contributed by atoms with Gasteiger partial charge < -0.3 is 4.74 Å². The van der Waals surface area contributed by atoms with Gasteiger partial charge in [0.1, 0.15) is 6.54 Å². The Morgan fingerprint density at radius 2 is 1.76 bits per heavy atom. The molecule has 0 spiro atoms. The van der Waals surface area contributed by atoms with Crippen LogP contribution in [-0.2, 0) is 25.7 Å². The van der Waals surface area contributed by atoms with Crippen molar-refractivity contribution in [3.63, 3.8) is 0 Å². The fourth-order valence-electron chi connectivity index (χ4n) is 2.10. The number of carbonyl (C=O) groups excluding carboxylic acids is 2. The smallest absolute Gasteiger partial charge is 0.416 e. The summed E-state index contributed by atoms with van der Waals surface area (Å²) in [6.45, 7) is -1.64. The van der Waals surface area contributed by atoms with Gasteiger partial charge in [0.2, 0.25) is 10.0 Å². The van der Waals surface area contributed by atoms with Crippen LogP contribution in [0.25, 0.3) is 0 Å². The van der Waals surface area contributed by atoms with Gasteiger partial charge in [0.25, 0.3) is 0 Å². The molecule has 0 unspecified atom stereocenters. The molecule has 0 aliphatic carbocycles. The monoisotopic (exact) mass is 426 g/mol. The Morgan fingerprint density at radius 3 is 2.34 bits per heavy atom. The molecule has 0 aliphatic rings. The van der Waals surface area contributed by atoms with Gasteiger partial charge in [-0.25, -0.2) is 8.42 Å². The molecule has 0 fully saturated rings. The van der Waals surface area contributed by atoms with Crippen LogP contribution in [0.1, 0.15) is 21.5 Å². The Balaban J connectivity index is 1.91. The Kier molecular flexibility index (Phi) is 6.73. The molecule has 0 atom stereocenters. The number of ether oxygens (including phenoxy) is 1. The van der Waals surface area contributed by atoms with Crippen LogP contribution in [0.2, 0.25) is 0 Å². The number of benzene rings is 2. The van der Waals surface area contributed by atoms with Crippen molar-refractivity contribution < 1.29 is 35.9 Å². The summed E-state index contributed by atoms with van der Waals surface area (Å²) in [5.41, 5.74) is -1.08. The van der Waals surface area contributed by atoms with Crippen molar-refractivity contribution in [3.8, 4) is 6.07 Å². The second kappa shape index (κ2) is 8.85. The van der Waals surface area contributed by atoms with Gasteiger partial charge in [-0.1, -0.05) is 12.1 Å². The number of sulfonamides is 1. The van der Waals surface area contributed by atoms with E-state index in [1.54, 1.807) is 0 Å². The van der Waals surface area contributed by atoms with Crippen molar-refractivity contribution in [2.45, 2.75) is 11.1 Å². The normalized spacial score (nSPS) is 11.5. The number of nitrogens with one attached hydrogen (secondary N) is 1. The fourth-order valence-corrected chi connectivity index (χ4v) is 3.06. The van der Waals surface area contributed by atoms with Crippen LogP contribution >= 0.6 is 0 Å². The lowest BCUT2D eigenvalue weighted by Gasteiger charge is -2.09. The third-order valence-electron chi connectivity index (χ3n) is 3.58. The number of esters is 1. The van der Waals surface area contributed by atoms with Gasteiger partial charge >= 0.3 is 12.1 Å². The maximum Gasteiger partial charge on any atom is 0.416 e. The molecule has 0 saturated carbocycles. The quantitative estimate of drug-likeness (QED) is 0.537. The molecule has 152 valence electrons. The lowest BCUT2D eigenvalue weighted by atomic mass is 10.1. The van der Waals surface area contributed by atoms with Gasteiger partial charge in [0, 0.05) is 5.56 Å². The summed E-state index contributed by atoms with van der Waals surface area (Å²) in [5, 5.41) is 8.69. The minimum atomic E-state index is -4.63. The third kappa shape index (κ3) is 6.13. The number of hydrogen-bond acceptors (Lipinski definition) is 6. The zero-order valence-corrected chi connectivity index (χ0v) is 15.4. The first-order chi connectivity index (χ1) is 13.5. The summed E-state index contributed by atoms with van der Waals surface area (Å²) in [4.78, 5) is 23.4. The van der Waals surface area contributed by atoms with E-state index in [4.69, 9.17) is 5.26 Å². The van der Waals surface area contributed by atoms with Crippen molar-refractivity contribution in [3.05, 3.63) is 65.2 Å². The standard InChI is InChI=1S/C18H13F3N2O5S/c19-18(20,21)14-3-1-2-13(8-14)16(24)11-28-17(25)10-23-29(26,27)15-6-4-12(9-22)5-7-15/h1-8,23H,10-11H2. The number of Topliss-reactive ketones (excluding diaryl/α,β-unsaturated/α-hetero) is 1. The largest absolute Gasteiger partial charge is 0.456 e. The summed E-state index contributed by atoms with van der Waals surface area (Å²) in [5.74, 6) is -1.97. The summed E-state index contributed by atoms with van der Waals surface area (Å²) in [6, 6.07) is 10.3. The molecule has 0 bridgehead atoms. The van der Waals surface area contributed by atoms with Gasteiger partial charge in [0.05, 0.1) is 22.1 Å². The number of alkyl halides is 3. The Hall–Kier alpha value is -3.23. The van der Waals surface area contributed by atoms with Crippen molar-refractivity contribution in [1.82, 2.24) is 4.72 Å². The second-order valence-electron chi connectivity index (χ2n) is 5.62. The molecular formula is C18H13F3N2O5S. The minimum absolute atomic E-state index is 0.190. The number of halogens is 3. The third-order valence-corrected chi connectivity index (χ3v) is 4.99. The van der Waals surface area contributed by atoms with Gasteiger partial charge in [-0.05, 0) is 36.4 Å². The lowest BCUT2D eigenvalue weighted by Crippen LogP contribution is -2.31. The number of rotatable bonds is 7. The Labute approximate surface area is 163 Å². The van der Waals surface area contributed by atoms with Crippen LogP contribution in [0.4, 0.5) is 13.2 Å². The van der Waals surface area contributed by atoms with E-state index in [9.17, 15) is 31.2 Å². The van der Waals surface area contributed by atoms with Crippen LogP contribution in [0.5, 0.6) is 0 Å². The Bertz CT molecular complexity index is 1060. The maximum absolute atomic E-state index is 12.7. The van der Waals surface area contributed by atoms with Crippen LogP contribution in [-0.4, -0.2) is 33.3 Å². The predicted molar refractivity (Wildman–Crippen MR) is 93.1 cm³/mol. The molecule has 11 heteroatoms. The van der Waals surface area contributed by atoms with Crippen LogP contribution < -0.4 is 4.72 Å². The summed E-state index contributed by atoms with van der Waals surface area (Å²) in [6.07, 6.45) is -4.63. The molecule has 0 heterocycles. The van der Waals surface area contributed by atoms with Gasteiger partial charge in [0.15, 0.2) is 12.4 Å². The number of nitriles is 1. The molecule has 0 aromatic heterocycles. The fraction of sp³-hybridized carbons (Fsp3) is 0.167. The lowest BCUT2D eigenvalue weighted by molar-refractivity contribution is -0.141. The first kappa shape index (κ1) is 22.1. The summed E-state index contributed by atoms with van der Waals surface area (Å²) in [7, 11) is -4.06. The highest BCUT2D eigenvalue weighted by Gasteiger charge is 2.31. The molecule has 2 rings (SSSR count). The van der Waals surface area contributed by atoms with E-state index in [-0.39, 0.29) is 16.0 Å². The molecule has 0 radical (unpaired) electrons. The molecule has 0 amide bonds. The van der Waals surface area contributed by atoms with Gasteiger partial charge in [-0.15, -0.1) is 0 Å². The number of nitrogens with zero attached hydrogens (tertiary/aromatic N) is 1. The molecule has 1 N–H and O–H groups in total. The highest BCUT2D eigenvalue weighted by molar-refractivity contribution is 7.89. The first-order valence-electron chi connectivity index (χ1n) is 7.89. The van der Waals surface area contributed by atoms with E-state index in [1.807, 2.05) is 10.8 Å². The average molecular weight is 426 g/mol. The van der Waals surface area contributed by atoms with E-state index in [1.165, 1.54) is 24.3 Å². The predicted octanol–water partition coefficient (Wildman–Crippen LogP) is 2.28.